The molecule has 0 saturated heterocycles. The maximum atomic E-state index is 12.5. The minimum absolute atomic E-state index is 0.108. The van der Waals surface area contributed by atoms with Crippen molar-refractivity contribution >= 4 is 23.7 Å². The SMILES string of the molecule is O=CC(C(=O)O)C(=O)c1ccc(C(F)(F)F)cc1[N+](=O)[O-]. The summed E-state index contributed by atoms with van der Waals surface area (Å²) in [5.41, 5.74) is -3.47. The molecule has 1 unspecified atom stereocenters. The van der Waals surface area contributed by atoms with Gasteiger partial charge in [0.25, 0.3) is 5.69 Å². The van der Waals surface area contributed by atoms with Crippen molar-refractivity contribution in [3.05, 3.63) is 39.4 Å². The van der Waals surface area contributed by atoms with Gasteiger partial charge in [0.1, 0.15) is 6.29 Å². The first-order chi connectivity index (χ1) is 9.59. The van der Waals surface area contributed by atoms with E-state index in [-0.39, 0.29) is 12.4 Å². The molecule has 0 amide bonds. The van der Waals surface area contributed by atoms with Crippen LogP contribution in [0.4, 0.5) is 18.9 Å². The van der Waals surface area contributed by atoms with Crippen LogP contribution < -0.4 is 0 Å². The summed E-state index contributed by atoms with van der Waals surface area (Å²) in [6.45, 7) is 0. The number of nitro benzene ring substituents is 1. The second-order valence-corrected chi connectivity index (χ2v) is 3.80. The van der Waals surface area contributed by atoms with Gasteiger partial charge in [-0.2, -0.15) is 13.2 Å². The number of nitrogens with zero attached hydrogens (tertiary/aromatic N) is 1. The van der Waals surface area contributed by atoms with Crippen LogP contribution in [0.2, 0.25) is 0 Å². The number of carbonyl (C=O) groups is 3. The molecule has 0 heterocycles. The predicted molar refractivity (Wildman–Crippen MR) is 59.6 cm³/mol. The molecule has 0 aliphatic heterocycles. The molecule has 0 saturated carbocycles. The van der Waals surface area contributed by atoms with Crippen LogP contribution in [-0.4, -0.2) is 28.1 Å². The summed E-state index contributed by atoms with van der Waals surface area (Å²) >= 11 is 0. The zero-order valence-corrected chi connectivity index (χ0v) is 9.96. The summed E-state index contributed by atoms with van der Waals surface area (Å²) in [7, 11) is 0. The number of ketones is 1. The van der Waals surface area contributed by atoms with Crippen molar-refractivity contribution in [3.63, 3.8) is 0 Å². The standard InChI is InChI=1S/C11H6F3NO6/c12-11(13,14)5-1-2-6(8(3-5)15(20)21)9(17)7(4-16)10(18)19/h1-4,7H,(H,18,19). The molecule has 10 heteroatoms. The van der Waals surface area contributed by atoms with Gasteiger partial charge in [-0.15, -0.1) is 0 Å². The van der Waals surface area contributed by atoms with Crippen LogP contribution in [-0.2, 0) is 15.8 Å². The van der Waals surface area contributed by atoms with E-state index in [0.29, 0.717) is 12.1 Å². The van der Waals surface area contributed by atoms with Crippen LogP contribution in [0.3, 0.4) is 0 Å². The van der Waals surface area contributed by atoms with Gasteiger partial charge in [0.15, 0.2) is 11.7 Å². The predicted octanol–water partition coefficient (Wildman–Crippen LogP) is 1.70. The quantitative estimate of drug-likeness (QED) is 0.291. The van der Waals surface area contributed by atoms with Gasteiger partial charge in [0.2, 0.25) is 0 Å². The van der Waals surface area contributed by atoms with Crippen molar-refractivity contribution in [2.75, 3.05) is 0 Å². The molecular formula is C11H6F3NO6. The zero-order chi connectivity index (χ0) is 16.4. The van der Waals surface area contributed by atoms with E-state index in [4.69, 9.17) is 5.11 Å². The average Bonchev–Trinajstić information content (AvgIpc) is 2.37. The third kappa shape index (κ3) is 3.41. The highest BCUT2D eigenvalue weighted by molar-refractivity contribution is 6.18. The third-order valence-corrected chi connectivity index (χ3v) is 2.47. The maximum Gasteiger partial charge on any atom is 0.416 e. The van der Waals surface area contributed by atoms with Crippen LogP contribution in [0.15, 0.2) is 18.2 Å². The number of hydrogen-bond donors (Lipinski definition) is 1. The number of hydrogen-bond acceptors (Lipinski definition) is 5. The Morgan fingerprint density at radius 3 is 2.29 bits per heavy atom. The monoisotopic (exact) mass is 305 g/mol. The van der Waals surface area contributed by atoms with Crippen LogP contribution in [0.5, 0.6) is 0 Å². The first-order valence-corrected chi connectivity index (χ1v) is 5.17. The molecule has 1 aromatic carbocycles. The van der Waals surface area contributed by atoms with E-state index < -0.39 is 45.6 Å². The summed E-state index contributed by atoms with van der Waals surface area (Å²) in [6.07, 6.45) is -5.13. The summed E-state index contributed by atoms with van der Waals surface area (Å²) in [5.74, 6) is -5.54. The fourth-order valence-corrected chi connectivity index (χ4v) is 1.47. The van der Waals surface area contributed by atoms with E-state index in [1.165, 1.54) is 0 Å². The Balaban J connectivity index is 3.43. The Morgan fingerprint density at radius 1 is 1.33 bits per heavy atom. The fourth-order valence-electron chi connectivity index (χ4n) is 1.47. The van der Waals surface area contributed by atoms with Gasteiger partial charge in [-0.05, 0) is 12.1 Å². The minimum atomic E-state index is -4.87. The summed E-state index contributed by atoms with van der Waals surface area (Å²) in [6, 6.07) is 0.976. The lowest BCUT2D eigenvalue weighted by Gasteiger charge is -2.09. The van der Waals surface area contributed by atoms with Crippen molar-refractivity contribution in [3.8, 4) is 0 Å². The molecule has 1 atom stereocenters. The van der Waals surface area contributed by atoms with Gasteiger partial charge < -0.3 is 9.90 Å². The van der Waals surface area contributed by atoms with E-state index >= 15 is 0 Å². The second-order valence-electron chi connectivity index (χ2n) is 3.80. The number of halogens is 3. The van der Waals surface area contributed by atoms with Crippen molar-refractivity contribution < 1.29 is 37.6 Å². The van der Waals surface area contributed by atoms with E-state index in [9.17, 15) is 37.7 Å². The number of benzene rings is 1. The molecule has 1 aromatic rings. The smallest absolute Gasteiger partial charge is 0.416 e. The molecule has 1 rings (SSSR count). The summed E-state index contributed by atoms with van der Waals surface area (Å²) < 4.78 is 37.4. The number of nitro groups is 1. The van der Waals surface area contributed by atoms with Crippen LogP contribution in [0, 0.1) is 16.0 Å². The van der Waals surface area contributed by atoms with Crippen LogP contribution in [0.1, 0.15) is 15.9 Å². The first kappa shape index (κ1) is 16.3. The molecule has 7 nitrogen and oxygen atoms in total. The Hall–Kier alpha value is -2.78. The van der Waals surface area contributed by atoms with Gasteiger partial charge in [-0.3, -0.25) is 19.7 Å². The molecule has 0 fully saturated rings. The Labute approximate surface area is 114 Å². The van der Waals surface area contributed by atoms with Gasteiger partial charge in [-0.25, -0.2) is 0 Å². The lowest BCUT2D eigenvalue weighted by atomic mass is 9.96. The van der Waals surface area contributed by atoms with Crippen molar-refractivity contribution in [2.45, 2.75) is 6.18 Å². The number of alkyl halides is 3. The van der Waals surface area contributed by atoms with E-state index in [1.807, 2.05) is 0 Å². The highest BCUT2D eigenvalue weighted by atomic mass is 19.4. The first-order valence-electron chi connectivity index (χ1n) is 5.17. The van der Waals surface area contributed by atoms with Gasteiger partial charge in [-0.1, -0.05) is 0 Å². The Bertz CT molecular complexity index is 625. The molecule has 0 bridgehead atoms. The molecular weight excluding hydrogens is 299 g/mol. The van der Waals surface area contributed by atoms with Crippen molar-refractivity contribution in [1.29, 1.82) is 0 Å². The van der Waals surface area contributed by atoms with Gasteiger partial charge >= 0.3 is 12.1 Å². The number of aliphatic carboxylic acids is 1. The normalized spacial score (nSPS) is 12.5. The zero-order valence-electron chi connectivity index (χ0n) is 9.96. The largest absolute Gasteiger partial charge is 0.480 e. The van der Waals surface area contributed by atoms with E-state index in [0.717, 1.165) is 0 Å². The molecule has 0 spiro atoms. The van der Waals surface area contributed by atoms with Crippen LogP contribution in [0.25, 0.3) is 0 Å². The lowest BCUT2D eigenvalue weighted by molar-refractivity contribution is -0.385. The number of rotatable bonds is 5. The number of carboxylic acid groups (broad SMARTS) is 1. The topological polar surface area (TPSA) is 115 Å². The number of Topliss-reactive ketones (excluding diaryl/α,β-unsaturated/α-hetero) is 1. The Kier molecular flexibility index (Phi) is 4.41. The average molecular weight is 305 g/mol. The molecule has 0 aliphatic rings. The Morgan fingerprint density at radius 2 is 1.90 bits per heavy atom. The number of carbonyl (C=O) groups excluding carboxylic acids is 2. The fraction of sp³-hybridized carbons (Fsp3) is 0.182. The molecule has 21 heavy (non-hydrogen) atoms. The molecule has 0 aliphatic carbocycles. The minimum Gasteiger partial charge on any atom is -0.480 e. The van der Waals surface area contributed by atoms with Crippen LogP contribution >= 0.6 is 0 Å². The van der Waals surface area contributed by atoms with Crippen molar-refractivity contribution in [1.82, 2.24) is 0 Å². The lowest BCUT2D eigenvalue weighted by Crippen LogP contribution is -2.26. The summed E-state index contributed by atoms with van der Waals surface area (Å²) in [4.78, 5) is 42.4. The molecule has 112 valence electrons. The number of aldehydes is 1. The maximum absolute atomic E-state index is 12.5. The van der Waals surface area contributed by atoms with E-state index in [1.54, 1.807) is 0 Å². The van der Waals surface area contributed by atoms with Crippen molar-refractivity contribution in [2.24, 2.45) is 5.92 Å². The molecule has 0 aromatic heterocycles. The molecule has 0 radical (unpaired) electrons. The van der Waals surface area contributed by atoms with Gasteiger partial charge in [0, 0.05) is 6.07 Å². The van der Waals surface area contributed by atoms with E-state index in [2.05, 4.69) is 0 Å². The highest BCUT2D eigenvalue weighted by Gasteiger charge is 2.36. The summed E-state index contributed by atoms with van der Waals surface area (Å²) in [5, 5.41) is 19.4. The third-order valence-electron chi connectivity index (χ3n) is 2.47. The molecule has 1 N–H and O–H groups in total. The highest BCUT2D eigenvalue weighted by Crippen LogP contribution is 2.33. The number of carboxylic acids is 1. The second kappa shape index (κ2) is 5.69. The van der Waals surface area contributed by atoms with Gasteiger partial charge in [0.05, 0.1) is 16.1 Å².